The Labute approximate surface area is 103 Å². The molecular formula is C11H12BrNOS. The molecule has 0 saturated heterocycles. The van der Waals surface area contributed by atoms with Gasteiger partial charge in [0.05, 0.1) is 4.88 Å². The largest absolute Gasteiger partial charge is 1.00 e. The predicted molar refractivity (Wildman–Crippen MR) is 56.3 cm³/mol. The van der Waals surface area contributed by atoms with Gasteiger partial charge in [0.2, 0.25) is 5.71 Å². The normalized spacial score (nSPS) is 19.3. The van der Waals surface area contributed by atoms with Crippen molar-refractivity contribution in [2.24, 2.45) is 0 Å². The van der Waals surface area contributed by atoms with Crippen LogP contribution in [-0.2, 0) is 6.54 Å². The second kappa shape index (κ2) is 4.18. The number of Topliss-reactive ketones (excluding diaryl/α,β-unsaturated/α-hetero) is 1. The molecule has 1 aromatic heterocycles. The molecule has 0 radical (unpaired) electrons. The number of halogens is 1. The first kappa shape index (κ1) is 11.0. The molecule has 2 nitrogen and oxygen atoms in total. The molecule has 80 valence electrons. The Morgan fingerprint density at radius 3 is 3.07 bits per heavy atom. The minimum Gasteiger partial charge on any atom is -1.00 e. The maximum Gasteiger partial charge on any atom is 0.262 e. The first-order valence-corrected chi connectivity index (χ1v) is 5.96. The Bertz CT molecular complexity index is 436. The van der Waals surface area contributed by atoms with E-state index in [9.17, 15) is 4.79 Å². The van der Waals surface area contributed by atoms with Crippen LogP contribution in [0.2, 0.25) is 0 Å². The van der Waals surface area contributed by atoms with E-state index in [2.05, 4.69) is 10.6 Å². The van der Waals surface area contributed by atoms with Crippen LogP contribution in [0.4, 0.5) is 0 Å². The van der Waals surface area contributed by atoms with Crippen LogP contribution in [0.5, 0.6) is 0 Å². The SMILES string of the molecule is O=C1C2=[N+](CCCC2)Cc2ccsc21.[Br-]. The number of carbonyl (C=O) groups is 1. The van der Waals surface area contributed by atoms with Crippen LogP contribution >= 0.6 is 11.3 Å². The fraction of sp³-hybridized carbons (Fsp3) is 0.455. The highest BCUT2D eigenvalue weighted by Gasteiger charge is 2.34. The molecular weight excluding hydrogens is 274 g/mol. The highest BCUT2D eigenvalue weighted by atomic mass is 79.9. The van der Waals surface area contributed by atoms with E-state index in [1.807, 2.05) is 5.38 Å². The molecule has 2 aliphatic rings. The molecule has 0 spiro atoms. The lowest BCUT2D eigenvalue weighted by Gasteiger charge is -2.17. The lowest BCUT2D eigenvalue weighted by molar-refractivity contribution is -0.548. The summed E-state index contributed by atoms with van der Waals surface area (Å²) < 4.78 is 2.26. The molecule has 0 atom stereocenters. The van der Waals surface area contributed by atoms with Crippen LogP contribution in [-0.4, -0.2) is 22.6 Å². The van der Waals surface area contributed by atoms with Gasteiger partial charge in [-0.05, 0) is 17.9 Å². The van der Waals surface area contributed by atoms with Crippen LogP contribution in [0, 0.1) is 0 Å². The predicted octanol–water partition coefficient (Wildman–Crippen LogP) is -0.914. The standard InChI is InChI=1S/C11H12NOS.BrH/c13-10-9-3-1-2-5-12(9)7-8-4-6-14-11(8)10;/h4,6H,1-3,5,7H2;1H/q+1;/p-1. The van der Waals surface area contributed by atoms with E-state index in [-0.39, 0.29) is 17.0 Å². The monoisotopic (exact) mass is 285 g/mol. The molecule has 0 aliphatic carbocycles. The van der Waals surface area contributed by atoms with Crippen LogP contribution in [0.3, 0.4) is 0 Å². The van der Waals surface area contributed by atoms with Gasteiger partial charge < -0.3 is 17.0 Å². The molecule has 1 aromatic rings. The summed E-state index contributed by atoms with van der Waals surface area (Å²) in [5.41, 5.74) is 2.29. The molecule has 0 N–H and O–H groups in total. The Hall–Kier alpha value is -0.480. The van der Waals surface area contributed by atoms with Crippen LogP contribution < -0.4 is 17.0 Å². The number of thiophene rings is 1. The maximum atomic E-state index is 12.0. The lowest BCUT2D eigenvalue weighted by atomic mass is 9.98. The Morgan fingerprint density at radius 2 is 2.20 bits per heavy atom. The van der Waals surface area contributed by atoms with Gasteiger partial charge in [-0.3, -0.25) is 4.79 Å². The highest BCUT2D eigenvalue weighted by Crippen LogP contribution is 2.25. The summed E-state index contributed by atoms with van der Waals surface area (Å²) in [6, 6.07) is 2.09. The minimum absolute atomic E-state index is 0. The average Bonchev–Trinajstić information content (AvgIpc) is 2.66. The summed E-state index contributed by atoms with van der Waals surface area (Å²) in [5, 5.41) is 2.03. The van der Waals surface area contributed by atoms with Gasteiger partial charge in [0, 0.05) is 18.4 Å². The van der Waals surface area contributed by atoms with Crippen LogP contribution in [0.15, 0.2) is 11.4 Å². The Morgan fingerprint density at radius 1 is 1.33 bits per heavy atom. The molecule has 4 heteroatoms. The average molecular weight is 286 g/mol. The van der Waals surface area contributed by atoms with E-state index >= 15 is 0 Å². The van der Waals surface area contributed by atoms with Gasteiger partial charge in [-0.2, -0.15) is 0 Å². The van der Waals surface area contributed by atoms with Crippen molar-refractivity contribution in [1.29, 1.82) is 0 Å². The molecule has 3 rings (SSSR count). The third-order valence-electron chi connectivity index (χ3n) is 3.05. The summed E-state index contributed by atoms with van der Waals surface area (Å²) in [4.78, 5) is 13.0. The van der Waals surface area contributed by atoms with Crippen LogP contribution in [0.25, 0.3) is 0 Å². The maximum absolute atomic E-state index is 12.0. The van der Waals surface area contributed by atoms with Gasteiger partial charge >= 0.3 is 0 Å². The topological polar surface area (TPSA) is 20.1 Å². The van der Waals surface area contributed by atoms with Crippen molar-refractivity contribution < 1.29 is 26.4 Å². The van der Waals surface area contributed by atoms with Crippen molar-refractivity contribution in [3.63, 3.8) is 0 Å². The van der Waals surface area contributed by atoms with Crippen molar-refractivity contribution in [2.75, 3.05) is 6.54 Å². The van der Waals surface area contributed by atoms with Gasteiger partial charge in [-0.1, -0.05) is 0 Å². The quantitative estimate of drug-likeness (QED) is 0.565. The van der Waals surface area contributed by atoms with E-state index < -0.39 is 0 Å². The van der Waals surface area contributed by atoms with Crippen molar-refractivity contribution >= 4 is 22.8 Å². The zero-order chi connectivity index (χ0) is 9.54. The second-order valence-electron chi connectivity index (χ2n) is 3.93. The van der Waals surface area contributed by atoms with Crippen LogP contribution in [0.1, 0.15) is 34.5 Å². The molecule has 15 heavy (non-hydrogen) atoms. The number of hydrogen-bond acceptors (Lipinski definition) is 2. The number of carbonyl (C=O) groups excluding carboxylic acids is 1. The molecule has 0 fully saturated rings. The summed E-state index contributed by atoms with van der Waals surface area (Å²) in [5.74, 6) is 0.293. The molecule has 0 saturated carbocycles. The molecule has 3 heterocycles. The van der Waals surface area contributed by atoms with Crippen molar-refractivity contribution in [1.82, 2.24) is 0 Å². The molecule has 2 aliphatic heterocycles. The van der Waals surface area contributed by atoms with Gasteiger partial charge in [0.25, 0.3) is 5.78 Å². The smallest absolute Gasteiger partial charge is 0.262 e. The van der Waals surface area contributed by atoms with E-state index in [0.29, 0.717) is 5.78 Å². The number of fused-ring (bicyclic) bond motifs is 1. The molecule has 0 amide bonds. The van der Waals surface area contributed by atoms with Gasteiger partial charge in [0.15, 0.2) is 6.54 Å². The fourth-order valence-corrected chi connectivity index (χ4v) is 3.19. The van der Waals surface area contributed by atoms with Crippen molar-refractivity contribution in [3.8, 4) is 0 Å². The number of nitrogens with zero attached hydrogens (tertiary/aromatic N) is 1. The minimum atomic E-state index is 0. The first-order chi connectivity index (χ1) is 6.86. The highest BCUT2D eigenvalue weighted by molar-refractivity contribution is 7.13. The Kier molecular flexibility index (Phi) is 3.07. The summed E-state index contributed by atoms with van der Waals surface area (Å²) in [6.45, 7) is 2.02. The van der Waals surface area contributed by atoms with E-state index in [4.69, 9.17) is 0 Å². The lowest BCUT2D eigenvalue weighted by Crippen LogP contribution is -3.00. The van der Waals surface area contributed by atoms with Gasteiger partial charge in [-0.15, -0.1) is 11.3 Å². The zero-order valence-electron chi connectivity index (χ0n) is 8.33. The molecule has 0 aromatic carbocycles. The van der Waals surface area contributed by atoms with Crippen molar-refractivity contribution in [3.05, 3.63) is 21.9 Å². The van der Waals surface area contributed by atoms with Crippen molar-refractivity contribution in [2.45, 2.75) is 25.8 Å². The number of hydrogen-bond donors (Lipinski definition) is 0. The van der Waals surface area contributed by atoms with E-state index in [1.54, 1.807) is 11.3 Å². The first-order valence-electron chi connectivity index (χ1n) is 5.08. The number of rotatable bonds is 0. The van der Waals surface area contributed by atoms with E-state index in [0.717, 1.165) is 30.1 Å². The number of ketones is 1. The van der Waals surface area contributed by atoms with Gasteiger partial charge in [0.1, 0.15) is 6.54 Å². The molecule has 0 unspecified atom stereocenters. The third-order valence-corrected chi connectivity index (χ3v) is 4.01. The van der Waals surface area contributed by atoms with E-state index in [1.165, 1.54) is 18.4 Å². The fourth-order valence-electron chi connectivity index (χ4n) is 2.32. The third kappa shape index (κ3) is 1.70. The molecule has 0 bridgehead atoms. The second-order valence-corrected chi connectivity index (χ2v) is 4.85. The van der Waals surface area contributed by atoms with Gasteiger partial charge in [-0.25, -0.2) is 4.58 Å². The Balaban J connectivity index is 0.000000853. The zero-order valence-corrected chi connectivity index (χ0v) is 10.7. The summed E-state index contributed by atoms with van der Waals surface area (Å²) >= 11 is 1.59. The summed E-state index contributed by atoms with van der Waals surface area (Å²) in [6.07, 6.45) is 3.39. The summed E-state index contributed by atoms with van der Waals surface area (Å²) in [7, 11) is 0.